The zero-order valence-electron chi connectivity index (χ0n) is 13.5. The lowest BCUT2D eigenvalue weighted by molar-refractivity contribution is 0.0949. The SMILES string of the molecule is Cc1nn(-c2cccc(F)c2)c(C)c1C(=O)NCc1ccccn1. The summed E-state index contributed by atoms with van der Waals surface area (Å²) in [7, 11) is 0. The van der Waals surface area contributed by atoms with Crippen LogP contribution in [0.3, 0.4) is 0 Å². The summed E-state index contributed by atoms with van der Waals surface area (Å²) >= 11 is 0. The van der Waals surface area contributed by atoms with E-state index < -0.39 is 0 Å². The lowest BCUT2D eigenvalue weighted by Gasteiger charge is -2.07. The first-order chi connectivity index (χ1) is 11.6. The second kappa shape index (κ2) is 6.62. The van der Waals surface area contributed by atoms with Gasteiger partial charge in [0, 0.05) is 6.20 Å². The standard InChI is InChI=1S/C18H17FN4O/c1-12-17(18(24)21-11-15-7-3-4-9-20-15)13(2)23(22-12)16-8-5-6-14(19)10-16/h3-10H,11H2,1-2H3,(H,21,24). The van der Waals surface area contributed by atoms with Crippen molar-refractivity contribution in [2.24, 2.45) is 0 Å². The Kier molecular flexibility index (Phi) is 4.37. The summed E-state index contributed by atoms with van der Waals surface area (Å²) in [5.41, 5.74) is 3.11. The molecule has 0 saturated carbocycles. The van der Waals surface area contributed by atoms with Crippen molar-refractivity contribution in [2.75, 3.05) is 0 Å². The maximum absolute atomic E-state index is 13.4. The van der Waals surface area contributed by atoms with Crippen LogP contribution in [-0.4, -0.2) is 20.7 Å². The smallest absolute Gasteiger partial charge is 0.255 e. The van der Waals surface area contributed by atoms with E-state index in [2.05, 4.69) is 15.4 Å². The molecule has 0 radical (unpaired) electrons. The van der Waals surface area contributed by atoms with E-state index in [9.17, 15) is 9.18 Å². The minimum atomic E-state index is -0.346. The fourth-order valence-electron chi connectivity index (χ4n) is 2.59. The molecular weight excluding hydrogens is 307 g/mol. The molecule has 5 nitrogen and oxygen atoms in total. The number of rotatable bonds is 4. The Labute approximate surface area is 139 Å². The van der Waals surface area contributed by atoms with E-state index in [1.165, 1.54) is 12.1 Å². The van der Waals surface area contributed by atoms with Crippen LogP contribution in [0.5, 0.6) is 0 Å². The van der Waals surface area contributed by atoms with E-state index in [4.69, 9.17) is 0 Å². The monoisotopic (exact) mass is 324 g/mol. The number of pyridine rings is 1. The molecule has 0 spiro atoms. The van der Waals surface area contributed by atoms with Gasteiger partial charge in [-0.05, 0) is 44.2 Å². The van der Waals surface area contributed by atoms with Gasteiger partial charge in [0.15, 0.2) is 0 Å². The molecule has 6 heteroatoms. The topological polar surface area (TPSA) is 59.8 Å². The van der Waals surface area contributed by atoms with Gasteiger partial charge < -0.3 is 5.32 Å². The Morgan fingerprint density at radius 2 is 2.04 bits per heavy atom. The van der Waals surface area contributed by atoms with E-state index in [1.54, 1.807) is 36.9 Å². The Morgan fingerprint density at radius 3 is 2.75 bits per heavy atom. The molecule has 0 aliphatic heterocycles. The van der Waals surface area contributed by atoms with Gasteiger partial charge in [-0.25, -0.2) is 9.07 Å². The molecular formula is C18H17FN4O. The molecule has 0 fully saturated rings. The summed E-state index contributed by atoms with van der Waals surface area (Å²) in [4.78, 5) is 16.7. The molecule has 0 aliphatic carbocycles. The molecule has 1 amide bonds. The molecule has 0 bridgehead atoms. The van der Waals surface area contributed by atoms with Crippen molar-refractivity contribution in [1.82, 2.24) is 20.1 Å². The van der Waals surface area contributed by atoms with Crippen molar-refractivity contribution in [3.8, 4) is 5.69 Å². The van der Waals surface area contributed by atoms with Crippen LogP contribution in [0.25, 0.3) is 5.69 Å². The summed E-state index contributed by atoms with van der Waals surface area (Å²) in [6, 6.07) is 11.6. The third-order valence-electron chi connectivity index (χ3n) is 3.73. The fourth-order valence-corrected chi connectivity index (χ4v) is 2.59. The third kappa shape index (κ3) is 3.17. The van der Waals surface area contributed by atoms with E-state index >= 15 is 0 Å². The maximum atomic E-state index is 13.4. The highest BCUT2D eigenvalue weighted by Crippen LogP contribution is 2.18. The van der Waals surface area contributed by atoms with Gasteiger partial charge in [-0.15, -0.1) is 0 Å². The van der Waals surface area contributed by atoms with E-state index in [-0.39, 0.29) is 11.7 Å². The van der Waals surface area contributed by atoms with Gasteiger partial charge in [-0.1, -0.05) is 12.1 Å². The second-order valence-corrected chi connectivity index (χ2v) is 5.44. The molecule has 0 unspecified atom stereocenters. The lowest BCUT2D eigenvalue weighted by Crippen LogP contribution is -2.24. The highest BCUT2D eigenvalue weighted by molar-refractivity contribution is 5.96. The van der Waals surface area contributed by atoms with Crippen molar-refractivity contribution in [1.29, 1.82) is 0 Å². The second-order valence-electron chi connectivity index (χ2n) is 5.44. The number of benzene rings is 1. The zero-order chi connectivity index (χ0) is 17.1. The van der Waals surface area contributed by atoms with Crippen LogP contribution in [0, 0.1) is 19.7 Å². The first-order valence-electron chi connectivity index (χ1n) is 7.56. The quantitative estimate of drug-likeness (QED) is 0.803. The van der Waals surface area contributed by atoms with Gasteiger partial charge >= 0.3 is 0 Å². The van der Waals surface area contributed by atoms with Crippen molar-refractivity contribution in [3.05, 3.63) is 77.1 Å². The highest BCUT2D eigenvalue weighted by atomic mass is 19.1. The summed E-state index contributed by atoms with van der Waals surface area (Å²) < 4.78 is 15.0. The van der Waals surface area contributed by atoms with Crippen LogP contribution in [0.15, 0.2) is 48.7 Å². The van der Waals surface area contributed by atoms with Crippen molar-refractivity contribution in [2.45, 2.75) is 20.4 Å². The summed E-state index contributed by atoms with van der Waals surface area (Å²) in [6.45, 7) is 3.89. The van der Waals surface area contributed by atoms with Gasteiger partial charge in [-0.2, -0.15) is 5.10 Å². The molecule has 0 saturated heterocycles. The van der Waals surface area contributed by atoms with Gasteiger partial charge in [-0.3, -0.25) is 9.78 Å². The Bertz CT molecular complexity index is 874. The number of halogens is 1. The number of carbonyl (C=O) groups is 1. The molecule has 0 aliphatic rings. The van der Waals surface area contributed by atoms with Crippen LogP contribution in [0.1, 0.15) is 27.4 Å². The summed E-state index contributed by atoms with van der Waals surface area (Å²) in [5, 5.41) is 7.22. The van der Waals surface area contributed by atoms with E-state index in [0.717, 1.165) is 5.69 Å². The summed E-state index contributed by atoms with van der Waals surface area (Å²) in [5.74, 6) is -0.570. The van der Waals surface area contributed by atoms with Crippen LogP contribution < -0.4 is 5.32 Å². The number of hydrogen-bond acceptors (Lipinski definition) is 3. The van der Waals surface area contributed by atoms with Crippen molar-refractivity contribution in [3.63, 3.8) is 0 Å². The normalized spacial score (nSPS) is 10.6. The molecule has 3 rings (SSSR count). The van der Waals surface area contributed by atoms with Gasteiger partial charge in [0.25, 0.3) is 5.91 Å². The Hall–Kier alpha value is -3.02. The molecule has 1 aromatic carbocycles. The number of nitrogens with zero attached hydrogens (tertiary/aromatic N) is 3. The predicted octanol–water partition coefficient (Wildman–Crippen LogP) is 2.95. The first-order valence-corrected chi connectivity index (χ1v) is 7.56. The number of carbonyl (C=O) groups excluding carboxylic acids is 1. The first kappa shape index (κ1) is 15.9. The van der Waals surface area contributed by atoms with Crippen LogP contribution in [0.2, 0.25) is 0 Å². The molecule has 24 heavy (non-hydrogen) atoms. The van der Waals surface area contributed by atoms with E-state index in [1.807, 2.05) is 18.2 Å². The summed E-state index contributed by atoms with van der Waals surface area (Å²) in [6.07, 6.45) is 1.68. The predicted molar refractivity (Wildman–Crippen MR) is 88.4 cm³/mol. The molecule has 3 aromatic rings. The van der Waals surface area contributed by atoms with Gasteiger partial charge in [0.05, 0.1) is 34.9 Å². The molecule has 2 aromatic heterocycles. The minimum Gasteiger partial charge on any atom is -0.346 e. The zero-order valence-corrected chi connectivity index (χ0v) is 13.5. The van der Waals surface area contributed by atoms with Crippen molar-refractivity contribution < 1.29 is 9.18 Å². The van der Waals surface area contributed by atoms with Gasteiger partial charge in [0.1, 0.15) is 5.82 Å². The number of hydrogen-bond donors (Lipinski definition) is 1. The number of nitrogens with one attached hydrogen (secondary N) is 1. The van der Waals surface area contributed by atoms with Crippen LogP contribution in [-0.2, 0) is 6.54 Å². The average Bonchev–Trinajstić information content (AvgIpc) is 2.88. The highest BCUT2D eigenvalue weighted by Gasteiger charge is 2.19. The lowest BCUT2D eigenvalue weighted by atomic mass is 10.2. The molecule has 0 atom stereocenters. The molecule has 1 N–H and O–H groups in total. The Morgan fingerprint density at radius 1 is 1.21 bits per heavy atom. The number of aromatic nitrogens is 3. The van der Waals surface area contributed by atoms with Crippen LogP contribution in [0.4, 0.5) is 4.39 Å². The third-order valence-corrected chi connectivity index (χ3v) is 3.73. The van der Waals surface area contributed by atoms with E-state index in [0.29, 0.717) is 29.2 Å². The molecule has 2 heterocycles. The average molecular weight is 324 g/mol. The van der Waals surface area contributed by atoms with Crippen molar-refractivity contribution >= 4 is 5.91 Å². The Balaban J connectivity index is 1.85. The minimum absolute atomic E-state index is 0.224. The van der Waals surface area contributed by atoms with Gasteiger partial charge in [0.2, 0.25) is 0 Å². The fraction of sp³-hybridized carbons (Fsp3) is 0.167. The largest absolute Gasteiger partial charge is 0.346 e. The number of aryl methyl sites for hydroxylation is 1. The van der Waals surface area contributed by atoms with Crippen LogP contribution >= 0.6 is 0 Å². The molecule has 122 valence electrons. The number of amides is 1. The maximum Gasteiger partial charge on any atom is 0.255 e.